The Morgan fingerprint density at radius 3 is 2.50 bits per heavy atom. The van der Waals surface area contributed by atoms with E-state index in [1.807, 2.05) is 0 Å². The Hall–Kier alpha value is -2.42. The number of hydrogen-bond donors (Lipinski definition) is 1. The highest BCUT2D eigenvalue weighted by atomic mass is 16.6. The van der Waals surface area contributed by atoms with Crippen molar-refractivity contribution in [3.05, 3.63) is 51.1 Å². The topological polar surface area (TPSA) is 91.5 Å². The molecular formula is C8H6N3O3+. The molecule has 6 heteroatoms. The maximum atomic E-state index is 10.3. The van der Waals surface area contributed by atoms with Crippen molar-refractivity contribution in [2.24, 2.45) is 0 Å². The van der Waals surface area contributed by atoms with Gasteiger partial charge in [-0.3, -0.25) is 10.1 Å². The molecule has 0 aliphatic carbocycles. The van der Waals surface area contributed by atoms with Gasteiger partial charge < -0.3 is 5.11 Å². The number of aliphatic hydroxyl groups excluding tert-OH is 1. The minimum atomic E-state index is -0.541. The molecular weight excluding hydrogens is 186 g/mol. The first-order chi connectivity index (χ1) is 6.65. The van der Waals surface area contributed by atoms with E-state index in [1.54, 1.807) is 0 Å². The zero-order valence-electron chi connectivity index (χ0n) is 6.99. The van der Waals surface area contributed by atoms with Crippen LogP contribution in [0.15, 0.2) is 30.5 Å². The van der Waals surface area contributed by atoms with Gasteiger partial charge in [-0.05, 0) is 12.1 Å². The number of nitro benzene ring substituents is 1. The molecule has 70 valence electrons. The molecule has 0 amide bonds. The lowest BCUT2D eigenvalue weighted by Gasteiger charge is -1.94. The van der Waals surface area contributed by atoms with Gasteiger partial charge in [0.2, 0.25) is 11.2 Å². The lowest BCUT2D eigenvalue weighted by Crippen LogP contribution is -1.88. The van der Waals surface area contributed by atoms with Gasteiger partial charge in [-0.25, -0.2) is 0 Å². The van der Waals surface area contributed by atoms with Crippen molar-refractivity contribution in [1.82, 2.24) is 0 Å². The van der Waals surface area contributed by atoms with Crippen molar-refractivity contribution in [2.75, 3.05) is 0 Å². The second kappa shape index (κ2) is 4.00. The van der Waals surface area contributed by atoms with Gasteiger partial charge in [0.25, 0.3) is 5.69 Å². The Bertz CT molecular complexity index is 416. The number of benzene rings is 1. The molecule has 0 saturated carbocycles. The van der Waals surface area contributed by atoms with E-state index in [0.717, 1.165) is 6.20 Å². The predicted molar refractivity (Wildman–Crippen MR) is 48.8 cm³/mol. The van der Waals surface area contributed by atoms with Crippen molar-refractivity contribution in [1.29, 1.82) is 5.39 Å². The van der Waals surface area contributed by atoms with Crippen molar-refractivity contribution >= 4 is 11.4 Å². The van der Waals surface area contributed by atoms with Crippen LogP contribution in [0.5, 0.6) is 0 Å². The largest absolute Gasteiger partial charge is 0.501 e. The van der Waals surface area contributed by atoms with E-state index < -0.39 is 4.92 Å². The highest BCUT2D eigenvalue weighted by molar-refractivity contribution is 5.60. The van der Waals surface area contributed by atoms with Crippen molar-refractivity contribution < 1.29 is 10.0 Å². The Morgan fingerprint density at radius 2 is 2.07 bits per heavy atom. The molecule has 1 N–H and O–H groups in total. The summed E-state index contributed by atoms with van der Waals surface area (Å²) in [5.41, 5.74) is 0.274. The molecule has 0 saturated heterocycles. The fraction of sp³-hybridized carbons (Fsp3) is 0. The molecule has 0 spiro atoms. The maximum Gasteiger partial charge on any atom is 0.392 e. The molecule has 0 unspecified atom stereocenters. The summed E-state index contributed by atoms with van der Waals surface area (Å²) in [6.45, 7) is 0. The van der Waals surface area contributed by atoms with Crippen LogP contribution in [0.1, 0.15) is 5.56 Å². The lowest BCUT2D eigenvalue weighted by molar-refractivity contribution is -0.384. The summed E-state index contributed by atoms with van der Waals surface area (Å²) < 4.78 is 0. The van der Waals surface area contributed by atoms with Crippen LogP contribution in [0.3, 0.4) is 0 Å². The summed E-state index contributed by atoms with van der Waals surface area (Å²) in [6, 6.07) is 5.21. The minimum Gasteiger partial charge on any atom is -0.501 e. The third-order valence-corrected chi connectivity index (χ3v) is 1.55. The third kappa shape index (κ3) is 2.04. The van der Waals surface area contributed by atoms with E-state index in [1.165, 1.54) is 24.3 Å². The van der Waals surface area contributed by atoms with Crippen LogP contribution in [-0.2, 0) is 0 Å². The van der Waals surface area contributed by atoms with E-state index >= 15 is 0 Å². The van der Waals surface area contributed by atoms with Gasteiger partial charge in [-0.2, -0.15) is 0 Å². The Labute approximate surface area is 78.9 Å². The molecule has 1 aromatic carbocycles. The molecule has 0 fully saturated rings. The van der Waals surface area contributed by atoms with E-state index in [4.69, 9.17) is 5.39 Å². The summed E-state index contributed by atoms with van der Waals surface area (Å²) in [6.07, 6.45) is 0.834. The first-order valence-electron chi connectivity index (χ1n) is 3.63. The summed E-state index contributed by atoms with van der Waals surface area (Å²) in [5.74, 6) is -0.262. The number of non-ortho nitro benzene ring substituents is 1. The predicted octanol–water partition coefficient (Wildman–Crippen LogP) is 2.30. The van der Waals surface area contributed by atoms with E-state index in [0.29, 0.717) is 5.56 Å². The number of aliphatic hydroxyl groups is 1. The number of hydrogen-bond acceptors (Lipinski definition) is 4. The zero-order valence-corrected chi connectivity index (χ0v) is 6.99. The number of nitrogens with zero attached hydrogens (tertiary/aromatic N) is 3. The van der Waals surface area contributed by atoms with E-state index in [2.05, 4.69) is 4.98 Å². The Morgan fingerprint density at radius 1 is 1.50 bits per heavy atom. The molecule has 6 nitrogen and oxygen atoms in total. The van der Waals surface area contributed by atoms with Crippen LogP contribution in [0.2, 0.25) is 0 Å². The normalized spacial score (nSPS) is 10.6. The fourth-order valence-corrected chi connectivity index (χ4v) is 0.883. The lowest BCUT2D eigenvalue weighted by atomic mass is 10.2. The molecule has 0 aliphatic heterocycles. The number of nitro groups is 1. The van der Waals surface area contributed by atoms with Gasteiger partial charge in [-0.15, -0.1) is 0 Å². The van der Waals surface area contributed by atoms with Gasteiger partial charge in [0.05, 0.1) is 4.92 Å². The van der Waals surface area contributed by atoms with Gasteiger partial charge in [0.1, 0.15) is 0 Å². The third-order valence-electron chi connectivity index (χ3n) is 1.55. The molecule has 0 heterocycles. The number of rotatable bonds is 2. The van der Waals surface area contributed by atoms with Crippen LogP contribution >= 0.6 is 0 Å². The Balaban J connectivity index is 3.01. The van der Waals surface area contributed by atoms with Gasteiger partial charge in [0, 0.05) is 17.7 Å². The van der Waals surface area contributed by atoms with Crippen LogP contribution in [0, 0.1) is 15.5 Å². The van der Waals surface area contributed by atoms with Crippen LogP contribution < -0.4 is 0 Å². The first kappa shape index (κ1) is 9.67. The summed E-state index contributed by atoms with van der Waals surface area (Å²) in [7, 11) is 0. The SMILES string of the molecule is N#[N+]/C=C(/O)c1ccc([N+](=O)[O-])cc1. The average molecular weight is 192 g/mol. The monoisotopic (exact) mass is 192 g/mol. The van der Waals surface area contributed by atoms with Crippen molar-refractivity contribution in [3.8, 4) is 0 Å². The fourth-order valence-electron chi connectivity index (χ4n) is 0.883. The molecule has 0 atom stereocenters. The Kier molecular flexibility index (Phi) is 2.76. The van der Waals surface area contributed by atoms with Gasteiger partial charge >= 0.3 is 6.20 Å². The van der Waals surface area contributed by atoms with Crippen molar-refractivity contribution in [2.45, 2.75) is 0 Å². The van der Waals surface area contributed by atoms with Crippen LogP contribution in [0.4, 0.5) is 5.69 Å². The molecule has 0 aliphatic rings. The molecule has 0 aromatic heterocycles. The number of diazo groups is 1. The second-order valence-electron chi connectivity index (χ2n) is 2.43. The molecule has 0 radical (unpaired) electrons. The quantitative estimate of drug-likeness (QED) is 0.336. The van der Waals surface area contributed by atoms with Gasteiger partial charge in [0.15, 0.2) is 4.98 Å². The summed E-state index contributed by atoms with van der Waals surface area (Å²) in [4.78, 5) is 12.4. The molecule has 14 heavy (non-hydrogen) atoms. The standard InChI is InChI=1S/C8H5N3O3/c9-10-5-8(12)6-1-3-7(4-2-6)11(13)14/h1-5H/p+1/b8-5+. The van der Waals surface area contributed by atoms with Gasteiger partial charge in [-0.1, -0.05) is 0 Å². The maximum absolute atomic E-state index is 10.3. The minimum absolute atomic E-state index is 0.0671. The molecule has 1 aromatic rings. The van der Waals surface area contributed by atoms with Crippen LogP contribution in [0.25, 0.3) is 10.7 Å². The molecule has 1 rings (SSSR count). The zero-order chi connectivity index (χ0) is 10.6. The highest BCUT2D eigenvalue weighted by Crippen LogP contribution is 2.16. The molecule has 0 bridgehead atoms. The average Bonchev–Trinajstić information content (AvgIpc) is 2.18. The highest BCUT2D eigenvalue weighted by Gasteiger charge is 2.07. The van der Waals surface area contributed by atoms with Crippen molar-refractivity contribution in [3.63, 3.8) is 0 Å². The van der Waals surface area contributed by atoms with Crippen LogP contribution in [-0.4, -0.2) is 10.0 Å². The summed E-state index contributed by atoms with van der Waals surface area (Å²) >= 11 is 0. The second-order valence-corrected chi connectivity index (χ2v) is 2.43. The van der Waals surface area contributed by atoms with E-state index in [-0.39, 0.29) is 11.4 Å². The smallest absolute Gasteiger partial charge is 0.392 e. The first-order valence-corrected chi connectivity index (χ1v) is 3.63. The van der Waals surface area contributed by atoms with E-state index in [9.17, 15) is 15.2 Å². The summed E-state index contributed by atoms with van der Waals surface area (Å²) in [5, 5.41) is 27.6.